The van der Waals surface area contributed by atoms with Gasteiger partial charge in [-0.1, -0.05) is 47.6 Å². The van der Waals surface area contributed by atoms with E-state index in [1.165, 1.54) is 0 Å². The number of nitrogens with one attached hydrogen (secondary N) is 3. The number of aldehydes is 1. The van der Waals surface area contributed by atoms with Gasteiger partial charge in [-0.2, -0.15) is 0 Å². The summed E-state index contributed by atoms with van der Waals surface area (Å²) in [6.45, 7) is 6.76. The van der Waals surface area contributed by atoms with Crippen molar-refractivity contribution in [1.29, 1.82) is 0 Å². The highest BCUT2D eigenvalue weighted by atomic mass is 33.1. The second-order valence-electron chi connectivity index (χ2n) is 5.83. The molecule has 0 aliphatic rings. The van der Waals surface area contributed by atoms with Crippen LogP contribution >= 0.6 is 21.6 Å². The zero-order valence-corrected chi connectivity index (χ0v) is 17.3. The standard InChI is InChI=1S/C18H29N3O3S2/c1-14(2)19-8-9-20-17(23)15-4-6-16(7-5-15)18(26-25-3)21-10-12-24-13-11-22/h4-7,11,14,18-19,21H,8-10,12-13H2,1-3H3,(H,20,23). The molecule has 1 atom stereocenters. The van der Waals surface area contributed by atoms with E-state index < -0.39 is 0 Å². The summed E-state index contributed by atoms with van der Waals surface area (Å²) in [7, 11) is 3.37. The van der Waals surface area contributed by atoms with E-state index in [1.54, 1.807) is 21.6 Å². The number of hydrogen-bond donors (Lipinski definition) is 3. The Kier molecular flexibility index (Phi) is 12.4. The van der Waals surface area contributed by atoms with E-state index in [9.17, 15) is 9.59 Å². The molecular weight excluding hydrogens is 370 g/mol. The molecule has 1 rings (SSSR count). The summed E-state index contributed by atoms with van der Waals surface area (Å²) in [4.78, 5) is 22.4. The molecule has 0 spiro atoms. The van der Waals surface area contributed by atoms with Gasteiger partial charge in [0.05, 0.1) is 12.0 Å². The van der Waals surface area contributed by atoms with E-state index in [-0.39, 0.29) is 17.9 Å². The molecule has 0 saturated heterocycles. The van der Waals surface area contributed by atoms with Crippen molar-refractivity contribution in [3.63, 3.8) is 0 Å². The smallest absolute Gasteiger partial charge is 0.251 e. The molecule has 26 heavy (non-hydrogen) atoms. The lowest BCUT2D eigenvalue weighted by Crippen LogP contribution is -2.34. The summed E-state index contributed by atoms with van der Waals surface area (Å²) < 4.78 is 5.15. The summed E-state index contributed by atoms with van der Waals surface area (Å²) in [5.41, 5.74) is 1.75. The molecule has 0 aliphatic heterocycles. The molecule has 0 bridgehead atoms. The van der Waals surface area contributed by atoms with Crippen molar-refractivity contribution in [2.24, 2.45) is 0 Å². The van der Waals surface area contributed by atoms with Crippen LogP contribution in [0.3, 0.4) is 0 Å². The monoisotopic (exact) mass is 399 g/mol. The van der Waals surface area contributed by atoms with Crippen LogP contribution in [0.1, 0.15) is 35.1 Å². The number of amides is 1. The first-order chi connectivity index (χ1) is 12.6. The average Bonchev–Trinajstić information content (AvgIpc) is 2.64. The van der Waals surface area contributed by atoms with Gasteiger partial charge in [0.25, 0.3) is 5.91 Å². The minimum atomic E-state index is -0.0635. The fraction of sp³-hybridized carbons (Fsp3) is 0.556. The van der Waals surface area contributed by atoms with Crippen LogP contribution in [0.25, 0.3) is 0 Å². The highest BCUT2D eigenvalue weighted by Gasteiger charge is 2.12. The maximum atomic E-state index is 12.2. The van der Waals surface area contributed by atoms with Gasteiger partial charge in [0.1, 0.15) is 12.9 Å². The van der Waals surface area contributed by atoms with Gasteiger partial charge in [0.15, 0.2) is 0 Å². The summed E-state index contributed by atoms with van der Waals surface area (Å²) >= 11 is 0. The average molecular weight is 400 g/mol. The highest BCUT2D eigenvalue weighted by Crippen LogP contribution is 2.34. The normalized spacial score (nSPS) is 12.2. The molecule has 1 amide bonds. The third kappa shape index (κ3) is 9.59. The van der Waals surface area contributed by atoms with Crippen LogP contribution in [0, 0.1) is 0 Å². The molecule has 0 aliphatic carbocycles. The Bertz CT molecular complexity index is 527. The molecule has 8 heteroatoms. The second kappa shape index (κ2) is 14.1. The van der Waals surface area contributed by atoms with Crippen molar-refractivity contribution >= 4 is 33.8 Å². The van der Waals surface area contributed by atoms with Gasteiger partial charge >= 0.3 is 0 Å². The van der Waals surface area contributed by atoms with Crippen LogP contribution in [-0.4, -0.2) is 57.3 Å². The lowest BCUT2D eigenvalue weighted by Gasteiger charge is -2.18. The van der Waals surface area contributed by atoms with Gasteiger partial charge in [-0.05, 0) is 24.0 Å². The largest absolute Gasteiger partial charge is 0.373 e. The van der Waals surface area contributed by atoms with Gasteiger partial charge < -0.3 is 20.2 Å². The number of carbonyl (C=O) groups is 2. The van der Waals surface area contributed by atoms with Crippen LogP contribution in [0.15, 0.2) is 24.3 Å². The molecule has 146 valence electrons. The zero-order valence-electron chi connectivity index (χ0n) is 15.6. The number of carbonyl (C=O) groups excluding carboxylic acids is 2. The lowest BCUT2D eigenvalue weighted by atomic mass is 10.1. The van der Waals surface area contributed by atoms with Crippen molar-refractivity contribution in [3.8, 4) is 0 Å². The molecule has 3 N–H and O–H groups in total. The minimum absolute atomic E-state index is 0.0635. The quantitative estimate of drug-likeness (QED) is 0.192. The summed E-state index contributed by atoms with van der Waals surface area (Å²) in [6, 6.07) is 8.04. The van der Waals surface area contributed by atoms with Crippen molar-refractivity contribution in [1.82, 2.24) is 16.0 Å². The fourth-order valence-corrected chi connectivity index (χ4v) is 3.91. The Hall–Kier alpha value is -1.06. The number of hydrogen-bond acceptors (Lipinski definition) is 7. The molecule has 0 aromatic heterocycles. The first-order valence-corrected chi connectivity index (χ1v) is 11.3. The van der Waals surface area contributed by atoms with Crippen LogP contribution in [0.5, 0.6) is 0 Å². The van der Waals surface area contributed by atoms with E-state index in [0.717, 1.165) is 18.4 Å². The zero-order chi connectivity index (χ0) is 19.2. The molecular formula is C18H29N3O3S2. The van der Waals surface area contributed by atoms with Crippen LogP contribution < -0.4 is 16.0 Å². The maximum Gasteiger partial charge on any atom is 0.251 e. The third-order valence-electron chi connectivity index (χ3n) is 3.39. The maximum absolute atomic E-state index is 12.2. The number of ether oxygens (including phenoxy) is 1. The SMILES string of the molecule is CSSC(NCCOCC=O)c1ccc(C(=O)NCCNC(C)C)cc1. The van der Waals surface area contributed by atoms with Crippen molar-refractivity contribution < 1.29 is 14.3 Å². The Balaban J connectivity index is 2.50. The fourth-order valence-electron chi connectivity index (χ4n) is 2.15. The van der Waals surface area contributed by atoms with E-state index in [2.05, 4.69) is 29.8 Å². The highest BCUT2D eigenvalue weighted by molar-refractivity contribution is 8.76. The summed E-state index contributed by atoms with van der Waals surface area (Å²) in [6.07, 6.45) is 2.77. The molecule has 1 aromatic rings. The predicted octanol–water partition coefficient (Wildman–Crippen LogP) is 2.23. The van der Waals surface area contributed by atoms with Gasteiger partial charge in [0.2, 0.25) is 0 Å². The van der Waals surface area contributed by atoms with E-state index >= 15 is 0 Å². The van der Waals surface area contributed by atoms with Crippen molar-refractivity contribution in [2.75, 3.05) is 39.1 Å². The van der Waals surface area contributed by atoms with Crippen LogP contribution in [-0.2, 0) is 9.53 Å². The second-order valence-corrected chi connectivity index (χ2v) is 8.40. The first-order valence-electron chi connectivity index (χ1n) is 8.64. The predicted molar refractivity (Wildman–Crippen MR) is 111 cm³/mol. The van der Waals surface area contributed by atoms with E-state index in [4.69, 9.17) is 4.74 Å². The van der Waals surface area contributed by atoms with Crippen LogP contribution in [0.4, 0.5) is 0 Å². The molecule has 0 heterocycles. The van der Waals surface area contributed by atoms with Crippen LogP contribution in [0.2, 0.25) is 0 Å². The van der Waals surface area contributed by atoms with Gasteiger partial charge in [-0.3, -0.25) is 10.1 Å². The molecule has 1 aromatic carbocycles. The minimum Gasteiger partial charge on any atom is -0.373 e. The van der Waals surface area contributed by atoms with Gasteiger partial charge in [-0.25, -0.2) is 0 Å². The number of rotatable bonds is 14. The summed E-state index contributed by atoms with van der Waals surface area (Å²) in [5.74, 6) is -0.0635. The topological polar surface area (TPSA) is 79.5 Å². The van der Waals surface area contributed by atoms with Crippen molar-refractivity contribution in [3.05, 3.63) is 35.4 Å². The third-order valence-corrected chi connectivity index (χ3v) is 5.37. The van der Waals surface area contributed by atoms with Gasteiger partial charge in [0, 0.05) is 31.2 Å². The lowest BCUT2D eigenvalue weighted by molar-refractivity contribution is -0.111. The Morgan fingerprint density at radius 1 is 1.15 bits per heavy atom. The van der Waals surface area contributed by atoms with Gasteiger partial charge in [-0.15, -0.1) is 0 Å². The first kappa shape index (κ1) is 23.0. The molecule has 0 saturated carbocycles. The Morgan fingerprint density at radius 2 is 1.88 bits per heavy atom. The molecule has 0 radical (unpaired) electrons. The summed E-state index contributed by atoms with van der Waals surface area (Å²) in [5, 5.41) is 9.66. The molecule has 6 nitrogen and oxygen atoms in total. The Labute approximate surface area is 164 Å². The Morgan fingerprint density at radius 3 is 2.50 bits per heavy atom. The number of benzene rings is 1. The van der Waals surface area contributed by atoms with E-state index in [0.29, 0.717) is 31.3 Å². The molecule has 0 fully saturated rings. The van der Waals surface area contributed by atoms with Crippen molar-refractivity contribution in [2.45, 2.75) is 25.3 Å². The van der Waals surface area contributed by atoms with E-state index in [1.807, 2.05) is 30.5 Å². The molecule has 1 unspecified atom stereocenters.